The number of aryl methyl sites for hydroxylation is 1. The van der Waals surface area contributed by atoms with Crippen LogP contribution < -0.4 is 4.90 Å². The van der Waals surface area contributed by atoms with Gasteiger partial charge in [-0.15, -0.1) is 0 Å². The summed E-state index contributed by atoms with van der Waals surface area (Å²) in [6.07, 6.45) is 0. The monoisotopic (exact) mass is 368 g/mol. The number of benzene rings is 2. The Kier molecular flexibility index (Phi) is 6.47. The molecule has 136 valence electrons. The number of nitrogens with zero attached hydrogens (tertiary/aromatic N) is 2. The number of likely N-dealkylation sites (N-methyl/N-ethyl adjacent to an activating group) is 1. The summed E-state index contributed by atoms with van der Waals surface area (Å²) in [7, 11) is 2.22. The number of thioether (sulfide) groups is 1. The lowest BCUT2D eigenvalue weighted by Gasteiger charge is -2.32. The highest BCUT2D eigenvalue weighted by atomic mass is 32.2. The summed E-state index contributed by atoms with van der Waals surface area (Å²) in [5, 5.41) is 0.948. The number of nitrogens with one attached hydrogen (secondary N) is 1. The summed E-state index contributed by atoms with van der Waals surface area (Å²) in [6, 6.07) is 17.8. The van der Waals surface area contributed by atoms with Gasteiger partial charge in [-0.2, -0.15) is 0 Å². The number of ketones is 1. The molecular formula is C21H26N3OS+. The second kappa shape index (κ2) is 9.01. The third kappa shape index (κ3) is 5.19. The van der Waals surface area contributed by atoms with Crippen molar-refractivity contribution in [2.75, 3.05) is 39.0 Å². The van der Waals surface area contributed by atoms with Gasteiger partial charge in [0.25, 0.3) is 0 Å². The minimum atomic E-state index is 0.149. The predicted octanol–water partition coefficient (Wildman–Crippen LogP) is 2.43. The van der Waals surface area contributed by atoms with Crippen LogP contribution in [0.4, 0.5) is 5.69 Å². The highest BCUT2D eigenvalue weighted by molar-refractivity contribution is 8.14. The molecule has 5 heteroatoms. The van der Waals surface area contributed by atoms with Crippen LogP contribution in [-0.4, -0.2) is 54.8 Å². The number of carbonyl (C=O) groups is 1. The first kappa shape index (κ1) is 18.7. The summed E-state index contributed by atoms with van der Waals surface area (Å²) in [6.45, 7) is 6.18. The first-order valence-corrected chi connectivity index (χ1v) is 10.0. The normalized spacial score (nSPS) is 15.9. The molecule has 0 unspecified atom stereocenters. The molecule has 1 heterocycles. The van der Waals surface area contributed by atoms with Crippen molar-refractivity contribution in [3.05, 3.63) is 65.7 Å². The zero-order valence-electron chi connectivity index (χ0n) is 15.4. The van der Waals surface area contributed by atoms with E-state index in [4.69, 9.17) is 4.99 Å². The molecule has 1 N–H and O–H groups in total. The Morgan fingerprint density at radius 2 is 1.73 bits per heavy atom. The summed E-state index contributed by atoms with van der Waals surface area (Å²) in [5.74, 6) is 0.559. The van der Waals surface area contributed by atoms with E-state index in [9.17, 15) is 4.79 Å². The second-order valence-corrected chi connectivity index (χ2v) is 7.69. The number of carbonyl (C=O) groups excluding carboxylic acids is 1. The Bertz CT molecular complexity index is 751. The lowest BCUT2D eigenvalue weighted by Crippen LogP contribution is -3.12. The third-order valence-electron chi connectivity index (χ3n) is 4.57. The fourth-order valence-electron chi connectivity index (χ4n) is 2.84. The molecule has 0 aromatic heterocycles. The van der Waals surface area contributed by atoms with E-state index in [1.54, 1.807) is 16.7 Å². The minimum absolute atomic E-state index is 0.149. The Labute approximate surface area is 159 Å². The molecule has 0 bridgehead atoms. The van der Waals surface area contributed by atoms with Crippen molar-refractivity contribution < 1.29 is 9.69 Å². The van der Waals surface area contributed by atoms with Gasteiger partial charge in [0.1, 0.15) is 0 Å². The number of aliphatic imine (C=N–C) groups is 1. The van der Waals surface area contributed by atoms with E-state index in [-0.39, 0.29) is 5.78 Å². The molecule has 4 nitrogen and oxygen atoms in total. The Balaban J connectivity index is 1.72. The lowest BCUT2D eigenvalue weighted by atomic mass is 10.1. The van der Waals surface area contributed by atoms with Gasteiger partial charge in [0.15, 0.2) is 11.0 Å². The number of para-hydroxylation sites is 1. The topological polar surface area (TPSA) is 37.1 Å². The van der Waals surface area contributed by atoms with Crippen LogP contribution in [0.2, 0.25) is 0 Å². The molecule has 0 aliphatic carbocycles. The smallest absolute Gasteiger partial charge is 0.173 e. The fraction of sp³-hybridized carbons (Fsp3) is 0.333. The zero-order valence-corrected chi connectivity index (χ0v) is 16.3. The summed E-state index contributed by atoms with van der Waals surface area (Å²) >= 11 is 1.55. The van der Waals surface area contributed by atoms with Crippen molar-refractivity contribution >= 4 is 28.4 Å². The number of quaternary nitrogens is 1. The third-order valence-corrected chi connectivity index (χ3v) is 5.59. The van der Waals surface area contributed by atoms with E-state index in [2.05, 4.69) is 11.9 Å². The SMILES string of the molecule is Cc1ccc(C(=O)CSC(=Nc2ccccc2)N2CC[NH+](C)CC2)cc1. The van der Waals surface area contributed by atoms with Crippen LogP contribution in [0.1, 0.15) is 15.9 Å². The molecule has 1 aliphatic heterocycles. The van der Waals surface area contributed by atoms with Crippen LogP contribution >= 0.6 is 11.8 Å². The van der Waals surface area contributed by atoms with Crippen molar-refractivity contribution in [1.29, 1.82) is 0 Å². The van der Waals surface area contributed by atoms with Crippen LogP contribution in [0.25, 0.3) is 0 Å². The highest BCUT2D eigenvalue weighted by Gasteiger charge is 2.21. The maximum Gasteiger partial charge on any atom is 0.173 e. The maximum absolute atomic E-state index is 12.5. The standard InChI is InChI=1S/C21H25N3OS/c1-17-8-10-18(11-9-17)20(25)16-26-21(22-19-6-4-3-5-7-19)24-14-12-23(2)13-15-24/h3-11H,12-16H2,1-2H3/p+1. The van der Waals surface area contributed by atoms with Crippen molar-refractivity contribution in [3.8, 4) is 0 Å². The van der Waals surface area contributed by atoms with Gasteiger partial charge in [-0.25, -0.2) is 4.99 Å². The molecule has 2 aromatic carbocycles. The molecule has 0 radical (unpaired) electrons. The minimum Gasteiger partial charge on any atom is -0.340 e. The van der Waals surface area contributed by atoms with E-state index in [0.29, 0.717) is 5.75 Å². The van der Waals surface area contributed by atoms with Gasteiger partial charge >= 0.3 is 0 Å². The molecule has 0 atom stereocenters. The number of hydrogen-bond acceptors (Lipinski definition) is 3. The molecule has 0 amide bonds. The molecule has 1 saturated heterocycles. The number of amidine groups is 1. The Morgan fingerprint density at radius 1 is 1.08 bits per heavy atom. The highest BCUT2D eigenvalue weighted by Crippen LogP contribution is 2.19. The van der Waals surface area contributed by atoms with Crippen molar-refractivity contribution in [1.82, 2.24) is 4.90 Å². The van der Waals surface area contributed by atoms with Gasteiger partial charge in [0.2, 0.25) is 0 Å². The van der Waals surface area contributed by atoms with Gasteiger partial charge < -0.3 is 9.80 Å². The quantitative estimate of drug-likeness (QED) is 0.512. The van der Waals surface area contributed by atoms with Gasteiger partial charge in [0.05, 0.1) is 44.7 Å². The van der Waals surface area contributed by atoms with Crippen molar-refractivity contribution in [2.24, 2.45) is 4.99 Å². The van der Waals surface area contributed by atoms with Crippen LogP contribution in [0.5, 0.6) is 0 Å². The number of rotatable bonds is 4. The average Bonchev–Trinajstić information content (AvgIpc) is 2.67. The molecule has 2 aromatic rings. The summed E-state index contributed by atoms with van der Waals surface area (Å²) < 4.78 is 0. The largest absolute Gasteiger partial charge is 0.340 e. The molecule has 0 spiro atoms. The second-order valence-electron chi connectivity index (χ2n) is 6.75. The fourth-order valence-corrected chi connectivity index (χ4v) is 3.80. The van der Waals surface area contributed by atoms with E-state index in [0.717, 1.165) is 42.6 Å². The van der Waals surface area contributed by atoms with E-state index < -0.39 is 0 Å². The molecular weight excluding hydrogens is 342 g/mol. The molecule has 26 heavy (non-hydrogen) atoms. The molecule has 3 rings (SSSR count). The summed E-state index contributed by atoms with van der Waals surface area (Å²) in [4.78, 5) is 21.2. The Morgan fingerprint density at radius 3 is 2.38 bits per heavy atom. The number of Topliss-reactive ketones (excluding diaryl/α,β-unsaturated/α-hetero) is 1. The maximum atomic E-state index is 12.5. The van der Waals surface area contributed by atoms with E-state index >= 15 is 0 Å². The number of piperazine rings is 1. The average molecular weight is 369 g/mol. The van der Waals surface area contributed by atoms with Crippen molar-refractivity contribution in [2.45, 2.75) is 6.92 Å². The molecule has 0 saturated carbocycles. The first-order chi connectivity index (χ1) is 12.6. The number of hydrogen-bond donors (Lipinski definition) is 1. The zero-order chi connectivity index (χ0) is 18.4. The lowest BCUT2D eigenvalue weighted by molar-refractivity contribution is -0.883. The van der Waals surface area contributed by atoms with Crippen LogP contribution in [-0.2, 0) is 0 Å². The van der Waals surface area contributed by atoms with Gasteiger partial charge in [-0.3, -0.25) is 4.79 Å². The van der Waals surface area contributed by atoms with Gasteiger partial charge in [0, 0.05) is 5.56 Å². The van der Waals surface area contributed by atoms with Crippen LogP contribution in [0.3, 0.4) is 0 Å². The van der Waals surface area contributed by atoms with E-state index in [1.807, 2.05) is 61.5 Å². The van der Waals surface area contributed by atoms with Crippen LogP contribution in [0.15, 0.2) is 59.6 Å². The first-order valence-electron chi connectivity index (χ1n) is 9.04. The van der Waals surface area contributed by atoms with Gasteiger partial charge in [-0.05, 0) is 19.1 Å². The van der Waals surface area contributed by atoms with Crippen LogP contribution in [0, 0.1) is 6.92 Å². The van der Waals surface area contributed by atoms with E-state index in [1.165, 1.54) is 5.56 Å². The van der Waals surface area contributed by atoms with Gasteiger partial charge in [-0.1, -0.05) is 59.8 Å². The molecule has 1 fully saturated rings. The Hall–Kier alpha value is -2.11. The summed E-state index contributed by atoms with van der Waals surface area (Å²) in [5.41, 5.74) is 2.87. The molecule has 1 aliphatic rings. The predicted molar refractivity (Wildman–Crippen MR) is 110 cm³/mol. The van der Waals surface area contributed by atoms with Crippen molar-refractivity contribution in [3.63, 3.8) is 0 Å².